The van der Waals surface area contributed by atoms with Crippen LogP contribution in [0.2, 0.25) is 0 Å². The van der Waals surface area contributed by atoms with Gasteiger partial charge in [0, 0.05) is 17.0 Å². The summed E-state index contributed by atoms with van der Waals surface area (Å²) in [6.45, 7) is 0. The van der Waals surface area contributed by atoms with Gasteiger partial charge in [-0.1, -0.05) is 6.07 Å². The summed E-state index contributed by atoms with van der Waals surface area (Å²) in [5.41, 5.74) is -1.64. The number of alkyl halides is 3. The monoisotopic (exact) mass is 280 g/mol. The molecule has 0 saturated carbocycles. The van der Waals surface area contributed by atoms with Crippen LogP contribution in [0.15, 0.2) is 56.3 Å². The molecule has 0 N–H and O–H groups in total. The van der Waals surface area contributed by atoms with Gasteiger partial charge in [0.05, 0.1) is 11.8 Å². The molecule has 20 heavy (non-hydrogen) atoms. The largest absolute Gasteiger partial charge is 0.464 e. The fraction of sp³-hybridized carbons (Fsp3) is 0.0714. The fourth-order valence-electron chi connectivity index (χ4n) is 1.99. The van der Waals surface area contributed by atoms with Crippen molar-refractivity contribution in [3.63, 3.8) is 0 Å². The molecular formula is C14H7F3O3. The molecule has 0 fully saturated rings. The van der Waals surface area contributed by atoms with Gasteiger partial charge in [-0.05, 0) is 24.3 Å². The Morgan fingerprint density at radius 3 is 2.50 bits per heavy atom. The van der Waals surface area contributed by atoms with Crippen molar-refractivity contribution in [2.45, 2.75) is 6.18 Å². The summed E-state index contributed by atoms with van der Waals surface area (Å²) in [6, 6.07) is 7.86. The Hall–Kier alpha value is -2.50. The van der Waals surface area contributed by atoms with Gasteiger partial charge in [-0.15, -0.1) is 0 Å². The highest BCUT2D eigenvalue weighted by Gasteiger charge is 2.33. The number of fused-ring (bicyclic) bond motifs is 1. The first-order valence-electron chi connectivity index (χ1n) is 5.64. The summed E-state index contributed by atoms with van der Waals surface area (Å²) in [5, 5.41) is -0.160. The van der Waals surface area contributed by atoms with E-state index in [4.69, 9.17) is 8.83 Å². The molecule has 3 nitrogen and oxygen atoms in total. The first kappa shape index (κ1) is 12.5. The van der Waals surface area contributed by atoms with E-state index in [0.717, 1.165) is 0 Å². The van der Waals surface area contributed by atoms with Crippen LogP contribution in [0.1, 0.15) is 5.56 Å². The zero-order valence-corrected chi connectivity index (χ0v) is 9.90. The van der Waals surface area contributed by atoms with E-state index < -0.39 is 17.4 Å². The number of benzene rings is 1. The van der Waals surface area contributed by atoms with Crippen LogP contribution in [0.3, 0.4) is 0 Å². The quantitative estimate of drug-likeness (QED) is 0.631. The van der Waals surface area contributed by atoms with E-state index in [2.05, 4.69) is 0 Å². The normalized spacial score (nSPS) is 11.9. The number of halogens is 3. The maximum Gasteiger partial charge on any atom is 0.417 e. The van der Waals surface area contributed by atoms with E-state index in [1.54, 1.807) is 12.1 Å². The molecule has 3 aromatic rings. The lowest BCUT2D eigenvalue weighted by Crippen LogP contribution is -2.10. The highest BCUT2D eigenvalue weighted by Crippen LogP contribution is 2.35. The van der Waals surface area contributed by atoms with Gasteiger partial charge in [-0.2, -0.15) is 13.2 Å². The van der Waals surface area contributed by atoms with Gasteiger partial charge in [0.25, 0.3) is 0 Å². The molecule has 0 aliphatic carbocycles. The molecule has 2 heterocycles. The van der Waals surface area contributed by atoms with Crippen molar-refractivity contribution in [3.8, 4) is 11.3 Å². The lowest BCUT2D eigenvalue weighted by molar-refractivity contribution is -0.136. The summed E-state index contributed by atoms with van der Waals surface area (Å²) in [6.07, 6.45) is -3.16. The predicted octanol–water partition coefficient (Wildman–Crippen LogP) is 4.07. The molecule has 0 bridgehead atoms. The lowest BCUT2D eigenvalue weighted by atomic mass is 10.1. The Labute approximate surface area is 110 Å². The van der Waals surface area contributed by atoms with Gasteiger partial charge in [-0.25, -0.2) is 4.79 Å². The summed E-state index contributed by atoms with van der Waals surface area (Å²) in [5.74, 6) is 0.479. The van der Waals surface area contributed by atoms with E-state index in [0.29, 0.717) is 17.4 Å². The van der Waals surface area contributed by atoms with Crippen LogP contribution in [0, 0.1) is 0 Å². The maximum absolute atomic E-state index is 12.9. The standard InChI is InChI=1S/C14H7F3O3/c15-14(16,17)10-7-13(18)20-12-6-8(3-4-9(10)12)11-2-1-5-19-11/h1-7H. The highest BCUT2D eigenvalue weighted by molar-refractivity contribution is 5.84. The molecule has 0 aliphatic heterocycles. The minimum absolute atomic E-state index is 0.126. The average molecular weight is 280 g/mol. The van der Waals surface area contributed by atoms with Gasteiger partial charge in [0.1, 0.15) is 11.3 Å². The number of furan rings is 1. The molecule has 6 heteroatoms. The Kier molecular flexibility index (Phi) is 2.67. The van der Waals surface area contributed by atoms with Gasteiger partial charge in [0.15, 0.2) is 0 Å². The zero-order valence-electron chi connectivity index (χ0n) is 9.90. The van der Waals surface area contributed by atoms with Crippen molar-refractivity contribution in [1.82, 2.24) is 0 Å². The molecule has 102 valence electrons. The maximum atomic E-state index is 12.9. The van der Waals surface area contributed by atoms with Crippen LogP contribution < -0.4 is 5.63 Å². The molecule has 3 rings (SSSR count). The number of hydrogen-bond acceptors (Lipinski definition) is 3. The van der Waals surface area contributed by atoms with E-state index in [1.807, 2.05) is 0 Å². The van der Waals surface area contributed by atoms with Gasteiger partial charge < -0.3 is 8.83 Å². The Bertz CT molecular complexity index is 814. The third-order valence-corrected chi connectivity index (χ3v) is 2.86. The van der Waals surface area contributed by atoms with Crippen LogP contribution in [-0.4, -0.2) is 0 Å². The van der Waals surface area contributed by atoms with E-state index in [-0.39, 0.29) is 11.0 Å². The van der Waals surface area contributed by atoms with Crippen LogP contribution in [-0.2, 0) is 6.18 Å². The molecular weight excluding hydrogens is 273 g/mol. The summed E-state index contributed by atoms with van der Waals surface area (Å²) < 4.78 is 48.6. The second-order valence-corrected chi connectivity index (χ2v) is 4.17. The summed E-state index contributed by atoms with van der Waals surface area (Å²) in [4.78, 5) is 11.3. The Morgan fingerprint density at radius 2 is 1.85 bits per heavy atom. The van der Waals surface area contributed by atoms with Crippen LogP contribution >= 0.6 is 0 Å². The first-order valence-corrected chi connectivity index (χ1v) is 5.64. The van der Waals surface area contributed by atoms with Crippen molar-refractivity contribution in [2.75, 3.05) is 0 Å². The third-order valence-electron chi connectivity index (χ3n) is 2.86. The Morgan fingerprint density at radius 1 is 1.05 bits per heavy atom. The molecule has 0 saturated heterocycles. The predicted molar refractivity (Wildman–Crippen MR) is 65.2 cm³/mol. The van der Waals surface area contributed by atoms with Crippen LogP contribution in [0.4, 0.5) is 13.2 Å². The lowest BCUT2D eigenvalue weighted by Gasteiger charge is -2.09. The van der Waals surface area contributed by atoms with E-state index >= 15 is 0 Å². The molecule has 0 unspecified atom stereocenters. The van der Waals surface area contributed by atoms with Gasteiger partial charge in [-0.3, -0.25) is 0 Å². The zero-order chi connectivity index (χ0) is 14.3. The van der Waals surface area contributed by atoms with E-state index in [1.165, 1.54) is 24.5 Å². The minimum atomic E-state index is -4.61. The third kappa shape index (κ3) is 2.09. The molecule has 1 aromatic carbocycles. The highest BCUT2D eigenvalue weighted by atomic mass is 19.4. The summed E-state index contributed by atoms with van der Waals surface area (Å²) in [7, 11) is 0. The molecule has 0 spiro atoms. The second kappa shape index (κ2) is 4.26. The van der Waals surface area contributed by atoms with Crippen molar-refractivity contribution >= 4 is 11.0 Å². The molecule has 0 aliphatic rings. The topological polar surface area (TPSA) is 43.4 Å². The smallest absolute Gasteiger partial charge is 0.417 e. The summed E-state index contributed by atoms with van der Waals surface area (Å²) >= 11 is 0. The van der Waals surface area contributed by atoms with Gasteiger partial charge >= 0.3 is 11.8 Å². The first-order chi connectivity index (χ1) is 9.45. The van der Waals surface area contributed by atoms with Crippen LogP contribution in [0.25, 0.3) is 22.3 Å². The van der Waals surface area contributed by atoms with E-state index in [9.17, 15) is 18.0 Å². The average Bonchev–Trinajstić information content (AvgIpc) is 2.89. The Balaban J connectivity index is 2.29. The fourth-order valence-corrected chi connectivity index (χ4v) is 1.99. The number of rotatable bonds is 1. The van der Waals surface area contributed by atoms with Crippen molar-refractivity contribution < 1.29 is 22.0 Å². The molecule has 0 atom stereocenters. The second-order valence-electron chi connectivity index (χ2n) is 4.17. The van der Waals surface area contributed by atoms with Crippen molar-refractivity contribution in [2.24, 2.45) is 0 Å². The van der Waals surface area contributed by atoms with Crippen molar-refractivity contribution in [3.05, 3.63) is 58.6 Å². The number of hydrogen-bond donors (Lipinski definition) is 0. The van der Waals surface area contributed by atoms with Crippen molar-refractivity contribution in [1.29, 1.82) is 0 Å². The molecule has 0 amide bonds. The molecule has 2 aromatic heterocycles. The minimum Gasteiger partial charge on any atom is -0.464 e. The SMILES string of the molecule is O=c1cc(C(F)(F)F)c2ccc(-c3ccco3)cc2o1. The van der Waals surface area contributed by atoms with Crippen LogP contribution in [0.5, 0.6) is 0 Å². The van der Waals surface area contributed by atoms with Gasteiger partial charge in [0.2, 0.25) is 0 Å². The molecule has 0 radical (unpaired) electrons.